The van der Waals surface area contributed by atoms with Crippen LogP contribution in [0.5, 0.6) is 0 Å². The standard InChI is InChI=1S/H2O9P2S2/c1-11(8-12(2,3)4)9-13(5,6)7-10/h10H2/p+1. The van der Waals surface area contributed by atoms with Gasteiger partial charge in [0, 0.05) is 22.0 Å². The molecule has 0 aromatic rings. The van der Waals surface area contributed by atoms with Crippen LogP contribution in [0.1, 0.15) is 0 Å². The Morgan fingerprint density at radius 3 is 1.92 bits per heavy atom. The van der Waals surface area contributed by atoms with Crippen LogP contribution in [0.2, 0.25) is 0 Å². The molecule has 1 N–H and O–H groups in total. The maximum atomic E-state index is 10.3. The minimum atomic E-state index is -5.04. The van der Waals surface area contributed by atoms with E-state index >= 15 is 0 Å². The van der Waals surface area contributed by atoms with Crippen molar-refractivity contribution >= 4 is 38.5 Å². The molecule has 0 aliphatic rings. The van der Waals surface area contributed by atoms with Gasteiger partial charge in [0.25, 0.3) is 0 Å². The van der Waals surface area contributed by atoms with Crippen molar-refractivity contribution in [3.05, 3.63) is 0 Å². The lowest BCUT2D eigenvalue weighted by Gasteiger charge is -1.87. The van der Waals surface area contributed by atoms with Crippen LogP contribution in [-0.4, -0.2) is 21.4 Å². The molecule has 0 saturated carbocycles. The average Bonchev–Trinajstić information content (AvgIpc) is 1.81. The van der Waals surface area contributed by atoms with Crippen molar-refractivity contribution in [2.24, 2.45) is 0 Å². The van der Waals surface area contributed by atoms with Gasteiger partial charge in [0.05, 0.1) is 0 Å². The van der Waals surface area contributed by atoms with E-state index in [4.69, 9.17) is 4.55 Å². The Morgan fingerprint density at radius 2 is 1.62 bits per heavy atom. The highest BCUT2D eigenvalue weighted by Crippen LogP contribution is 2.29. The minimum Gasteiger partial charge on any atom is -0.261 e. The number of rotatable bonds is 5. The van der Waals surface area contributed by atoms with E-state index in [9.17, 15) is 21.4 Å². The molecule has 0 fully saturated rings. The van der Waals surface area contributed by atoms with Gasteiger partial charge in [-0.3, -0.25) is 4.55 Å². The Morgan fingerprint density at radius 1 is 1.15 bits per heavy atom. The molecular formula is H3O9P2S2+. The molecule has 9 nitrogen and oxygen atoms in total. The summed E-state index contributed by atoms with van der Waals surface area (Å²) in [7, 11) is -12.0. The Balaban J connectivity index is 4.36. The molecular weight excluding hydrogens is 270 g/mol. The second-order valence-corrected chi connectivity index (χ2v) is 5.39. The first kappa shape index (κ1) is 13.3. The SMILES string of the molecule is O=[P+](OS(=O)(=O)O)OS(=O)(=O)OP. The predicted molar refractivity (Wildman–Crippen MR) is 41.0 cm³/mol. The fourth-order valence-electron chi connectivity index (χ4n) is 0.181. The average molecular weight is 273 g/mol. The molecule has 0 aromatic carbocycles. The van der Waals surface area contributed by atoms with E-state index in [1.54, 1.807) is 0 Å². The summed E-state index contributed by atoms with van der Waals surface area (Å²) in [5, 5.41) is 0. The Bertz CT molecular complexity index is 372. The third-order valence-electron chi connectivity index (χ3n) is 0.425. The maximum absolute atomic E-state index is 10.3. The van der Waals surface area contributed by atoms with Crippen molar-refractivity contribution < 1.29 is 37.9 Å². The summed E-state index contributed by atoms with van der Waals surface area (Å²) in [6.45, 7) is 0. The van der Waals surface area contributed by atoms with Gasteiger partial charge in [0.1, 0.15) is 0 Å². The van der Waals surface area contributed by atoms with Crippen LogP contribution in [0.4, 0.5) is 0 Å². The van der Waals surface area contributed by atoms with Gasteiger partial charge in [-0.1, -0.05) is 0 Å². The molecule has 0 amide bonds. The van der Waals surface area contributed by atoms with Crippen molar-refractivity contribution in [3.8, 4) is 0 Å². The molecule has 2 unspecified atom stereocenters. The molecule has 0 heterocycles. The normalized spacial score (nSPS) is 14.2. The van der Waals surface area contributed by atoms with E-state index in [1.807, 2.05) is 0 Å². The third-order valence-corrected chi connectivity index (χ3v) is 3.83. The van der Waals surface area contributed by atoms with Gasteiger partial charge < -0.3 is 0 Å². The molecule has 0 spiro atoms. The molecule has 13 heavy (non-hydrogen) atoms. The zero-order chi connectivity index (χ0) is 10.7. The van der Waals surface area contributed by atoms with Crippen LogP contribution in [0.15, 0.2) is 0 Å². The summed E-state index contributed by atoms with van der Waals surface area (Å²) in [5.74, 6) is 0. The summed E-state index contributed by atoms with van der Waals surface area (Å²) in [6.07, 6.45) is 0. The van der Waals surface area contributed by atoms with Gasteiger partial charge in [0.15, 0.2) is 0 Å². The van der Waals surface area contributed by atoms with Crippen LogP contribution in [0, 0.1) is 0 Å². The zero-order valence-electron chi connectivity index (χ0n) is 5.55. The van der Waals surface area contributed by atoms with Crippen molar-refractivity contribution in [3.63, 3.8) is 0 Å². The smallest absolute Gasteiger partial charge is 0.261 e. The molecule has 13 heteroatoms. The molecule has 0 aliphatic carbocycles. The molecule has 0 aliphatic heterocycles. The molecule has 0 aromatic heterocycles. The van der Waals surface area contributed by atoms with Gasteiger partial charge in [-0.15, -0.1) is 0 Å². The summed E-state index contributed by atoms with van der Waals surface area (Å²) in [5.41, 5.74) is 0. The Hall–Kier alpha value is 0.270. The van der Waals surface area contributed by atoms with Crippen LogP contribution in [0.3, 0.4) is 0 Å². The quantitative estimate of drug-likeness (QED) is 0.521. The first-order chi connectivity index (χ1) is 5.66. The molecule has 0 radical (unpaired) electrons. The highest BCUT2D eigenvalue weighted by molar-refractivity contribution is 7.89. The molecule has 0 bridgehead atoms. The first-order valence-electron chi connectivity index (χ1n) is 2.13. The predicted octanol–water partition coefficient (Wildman–Crippen LogP) is -0.469. The van der Waals surface area contributed by atoms with E-state index in [1.165, 1.54) is 9.47 Å². The number of hydrogen-bond acceptors (Lipinski definition) is 8. The lowest BCUT2D eigenvalue weighted by Crippen LogP contribution is -2.03. The van der Waals surface area contributed by atoms with E-state index in [0.717, 1.165) is 0 Å². The molecule has 2 atom stereocenters. The zero-order valence-corrected chi connectivity index (χ0v) is 9.24. The van der Waals surface area contributed by atoms with E-state index in [2.05, 4.69) is 11.9 Å². The van der Waals surface area contributed by atoms with Crippen molar-refractivity contribution in [2.75, 3.05) is 0 Å². The Kier molecular flexibility index (Phi) is 4.77. The largest absolute Gasteiger partial charge is 0.736 e. The summed E-state index contributed by atoms with van der Waals surface area (Å²) in [6, 6.07) is 0. The van der Waals surface area contributed by atoms with Gasteiger partial charge >= 0.3 is 29.1 Å². The van der Waals surface area contributed by atoms with Crippen molar-refractivity contribution in [2.45, 2.75) is 0 Å². The summed E-state index contributed by atoms with van der Waals surface area (Å²) >= 11 is 0. The highest BCUT2D eigenvalue weighted by atomic mass is 32.3. The van der Waals surface area contributed by atoms with Crippen LogP contribution in [0.25, 0.3) is 0 Å². The highest BCUT2D eigenvalue weighted by Gasteiger charge is 2.37. The lowest BCUT2D eigenvalue weighted by atomic mass is 15.7. The minimum absolute atomic E-state index is 1.26. The Labute approximate surface area is 76.9 Å². The van der Waals surface area contributed by atoms with Crippen LogP contribution >= 0.6 is 17.7 Å². The fourth-order valence-corrected chi connectivity index (χ4v) is 2.17. The van der Waals surface area contributed by atoms with Crippen LogP contribution in [-0.2, 0) is 37.3 Å². The maximum Gasteiger partial charge on any atom is 0.736 e. The van der Waals surface area contributed by atoms with Gasteiger partial charge in [-0.05, 0) is 0 Å². The first-order valence-corrected chi connectivity index (χ1v) is 6.40. The summed E-state index contributed by atoms with van der Waals surface area (Å²) in [4.78, 5) is 0. The van der Waals surface area contributed by atoms with E-state index < -0.39 is 29.1 Å². The van der Waals surface area contributed by atoms with E-state index in [0.29, 0.717) is 0 Å². The molecule has 0 saturated heterocycles. The van der Waals surface area contributed by atoms with Crippen molar-refractivity contribution in [1.29, 1.82) is 0 Å². The lowest BCUT2D eigenvalue weighted by molar-refractivity contribution is 0.347. The second-order valence-electron chi connectivity index (χ2n) is 1.30. The van der Waals surface area contributed by atoms with Gasteiger partial charge in [0.2, 0.25) is 0 Å². The molecule has 78 valence electrons. The van der Waals surface area contributed by atoms with Crippen LogP contribution < -0.4 is 0 Å². The topological polar surface area (TPSA) is 133 Å². The van der Waals surface area contributed by atoms with Crippen molar-refractivity contribution in [1.82, 2.24) is 0 Å². The fraction of sp³-hybridized carbons (Fsp3) is 0. The third kappa shape index (κ3) is 7.35. The van der Waals surface area contributed by atoms with Gasteiger partial charge in [-0.25, -0.2) is 3.97 Å². The number of hydrogen-bond donors (Lipinski definition) is 1. The van der Waals surface area contributed by atoms with E-state index in [-0.39, 0.29) is 0 Å². The monoisotopic (exact) mass is 273 g/mol. The summed E-state index contributed by atoms with van der Waals surface area (Å²) < 4.78 is 68.7. The molecule has 0 rings (SSSR count). The second kappa shape index (κ2) is 4.67. The van der Waals surface area contributed by atoms with Gasteiger partial charge in [-0.2, -0.15) is 16.8 Å².